The first kappa shape index (κ1) is 15.4. The minimum absolute atomic E-state index is 0.182. The fourth-order valence-electron chi connectivity index (χ4n) is 1.53. The van der Waals surface area contributed by atoms with Crippen molar-refractivity contribution in [3.63, 3.8) is 0 Å². The molecule has 0 fully saturated rings. The van der Waals surface area contributed by atoms with Crippen molar-refractivity contribution in [2.75, 3.05) is 12.4 Å². The van der Waals surface area contributed by atoms with Crippen LogP contribution in [0, 0.1) is 25.2 Å². The highest BCUT2D eigenvalue weighted by atomic mass is 32.2. The van der Waals surface area contributed by atoms with Gasteiger partial charge in [-0.25, -0.2) is 9.97 Å². The first-order valence-corrected chi connectivity index (χ1v) is 7.10. The number of carbonyl (C=O) groups excluding carboxylic acids is 1. The van der Waals surface area contributed by atoms with Crippen molar-refractivity contribution in [2.45, 2.75) is 38.6 Å². The maximum absolute atomic E-state index is 11.2. The van der Waals surface area contributed by atoms with E-state index in [4.69, 9.17) is 10.00 Å². The normalized spacial score (nSPS) is 10.0. The van der Waals surface area contributed by atoms with Crippen LogP contribution in [0.5, 0.6) is 0 Å². The average molecular weight is 279 g/mol. The van der Waals surface area contributed by atoms with Gasteiger partial charge in [0.25, 0.3) is 0 Å². The predicted molar refractivity (Wildman–Crippen MR) is 72.8 cm³/mol. The van der Waals surface area contributed by atoms with Crippen molar-refractivity contribution in [1.29, 1.82) is 5.26 Å². The Balaban J connectivity index is 2.54. The Morgan fingerprint density at radius 3 is 2.79 bits per heavy atom. The lowest BCUT2D eigenvalue weighted by Crippen LogP contribution is -2.04. The summed E-state index contributed by atoms with van der Waals surface area (Å²) in [7, 11) is 0. The number of aryl methyl sites for hydroxylation is 2. The summed E-state index contributed by atoms with van der Waals surface area (Å²) in [5.74, 6) is 1.20. The number of ether oxygens (including phenoxy) is 1. The van der Waals surface area contributed by atoms with Crippen LogP contribution in [0.4, 0.5) is 0 Å². The molecule has 19 heavy (non-hydrogen) atoms. The van der Waals surface area contributed by atoms with Crippen molar-refractivity contribution in [1.82, 2.24) is 9.97 Å². The fraction of sp³-hybridized carbons (Fsp3) is 0.538. The van der Waals surface area contributed by atoms with E-state index >= 15 is 0 Å². The molecule has 0 aliphatic carbocycles. The molecular formula is C13H17N3O2S. The molecule has 0 aliphatic rings. The van der Waals surface area contributed by atoms with E-state index in [1.807, 2.05) is 0 Å². The van der Waals surface area contributed by atoms with Gasteiger partial charge >= 0.3 is 5.97 Å². The highest BCUT2D eigenvalue weighted by Gasteiger charge is 2.10. The second-order valence-corrected chi connectivity index (χ2v) is 4.99. The molecule has 1 aromatic rings. The molecule has 0 aliphatic heterocycles. The van der Waals surface area contributed by atoms with E-state index in [-0.39, 0.29) is 5.97 Å². The summed E-state index contributed by atoms with van der Waals surface area (Å²) < 4.78 is 4.85. The average Bonchev–Trinajstić information content (AvgIpc) is 2.34. The third kappa shape index (κ3) is 4.87. The standard InChI is InChI=1S/C13H17N3O2S/c1-4-18-12(17)6-5-7-19-13-11(8-14)9(2)15-10(3)16-13/h4-7H2,1-3H3. The number of nitriles is 1. The topological polar surface area (TPSA) is 75.9 Å². The van der Waals surface area contributed by atoms with Crippen molar-refractivity contribution < 1.29 is 9.53 Å². The minimum atomic E-state index is -0.182. The molecule has 0 bridgehead atoms. The van der Waals surface area contributed by atoms with Gasteiger partial charge in [0.2, 0.25) is 0 Å². The molecule has 1 rings (SSSR count). The maximum Gasteiger partial charge on any atom is 0.305 e. The number of esters is 1. The van der Waals surface area contributed by atoms with Crippen molar-refractivity contribution in [3.8, 4) is 6.07 Å². The van der Waals surface area contributed by atoms with Gasteiger partial charge in [0.05, 0.1) is 12.3 Å². The van der Waals surface area contributed by atoms with Crippen LogP contribution in [0.2, 0.25) is 0 Å². The Bertz CT molecular complexity index is 497. The number of rotatable bonds is 6. The molecule has 0 saturated carbocycles. The van der Waals surface area contributed by atoms with E-state index in [1.54, 1.807) is 20.8 Å². The van der Waals surface area contributed by atoms with Gasteiger partial charge < -0.3 is 4.74 Å². The number of hydrogen-bond acceptors (Lipinski definition) is 6. The number of nitrogens with zero attached hydrogens (tertiary/aromatic N) is 3. The van der Waals surface area contributed by atoms with Gasteiger partial charge in [-0.3, -0.25) is 4.79 Å². The van der Waals surface area contributed by atoms with Crippen molar-refractivity contribution in [2.24, 2.45) is 0 Å². The van der Waals surface area contributed by atoms with Crippen molar-refractivity contribution >= 4 is 17.7 Å². The van der Waals surface area contributed by atoms with Gasteiger partial charge in [0.15, 0.2) is 0 Å². The van der Waals surface area contributed by atoms with Gasteiger partial charge in [-0.15, -0.1) is 11.8 Å². The van der Waals surface area contributed by atoms with E-state index in [1.165, 1.54) is 11.8 Å². The summed E-state index contributed by atoms with van der Waals surface area (Å²) in [5.41, 5.74) is 1.22. The van der Waals surface area contributed by atoms with Gasteiger partial charge in [-0.2, -0.15) is 5.26 Å². The first-order chi connectivity index (χ1) is 9.08. The van der Waals surface area contributed by atoms with Gasteiger partial charge in [-0.1, -0.05) is 0 Å². The van der Waals surface area contributed by atoms with E-state index in [0.29, 0.717) is 41.6 Å². The zero-order chi connectivity index (χ0) is 14.3. The monoisotopic (exact) mass is 279 g/mol. The highest BCUT2D eigenvalue weighted by Crippen LogP contribution is 2.23. The zero-order valence-electron chi connectivity index (χ0n) is 11.4. The molecule has 0 atom stereocenters. The summed E-state index contributed by atoms with van der Waals surface area (Å²) in [6.07, 6.45) is 1.10. The minimum Gasteiger partial charge on any atom is -0.466 e. The summed E-state index contributed by atoms with van der Waals surface area (Å²) in [6, 6.07) is 2.12. The first-order valence-electron chi connectivity index (χ1n) is 6.12. The molecule has 0 spiro atoms. The van der Waals surface area contributed by atoms with Crippen LogP contribution in [0.1, 0.15) is 36.8 Å². The third-order valence-electron chi connectivity index (χ3n) is 2.35. The summed E-state index contributed by atoms with van der Waals surface area (Å²) in [6.45, 7) is 5.81. The number of aromatic nitrogens is 2. The fourth-order valence-corrected chi connectivity index (χ4v) is 2.55. The summed E-state index contributed by atoms with van der Waals surface area (Å²) in [5, 5.41) is 9.78. The van der Waals surface area contributed by atoms with Crippen LogP contribution in [0.25, 0.3) is 0 Å². The smallest absolute Gasteiger partial charge is 0.305 e. The predicted octanol–water partition coefficient (Wildman–Crippen LogP) is 2.40. The molecule has 1 heterocycles. The molecule has 1 aromatic heterocycles. The summed E-state index contributed by atoms with van der Waals surface area (Å²) in [4.78, 5) is 19.6. The molecular weight excluding hydrogens is 262 g/mol. The highest BCUT2D eigenvalue weighted by molar-refractivity contribution is 7.99. The van der Waals surface area contributed by atoms with Gasteiger partial charge in [0, 0.05) is 12.2 Å². The van der Waals surface area contributed by atoms with Crippen molar-refractivity contribution in [3.05, 3.63) is 17.1 Å². The molecule has 0 radical (unpaired) electrons. The Morgan fingerprint density at radius 1 is 1.42 bits per heavy atom. The molecule has 0 unspecified atom stereocenters. The van der Waals surface area contributed by atoms with E-state index < -0.39 is 0 Å². The molecule has 6 heteroatoms. The van der Waals surface area contributed by atoms with Crippen LogP contribution in [0.15, 0.2) is 5.03 Å². The Labute approximate surface area is 117 Å². The molecule has 102 valence electrons. The van der Waals surface area contributed by atoms with Crippen LogP contribution in [-0.4, -0.2) is 28.3 Å². The molecule has 0 aromatic carbocycles. The third-order valence-corrected chi connectivity index (χ3v) is 3.41. The van der Waals surface area contributed by atoms with E-state index in [0.717, 1.165) is 5.75 Å². The lowest BCUT2D eigenvalue weighted by molar-refractivity contribution is -0.143. The second-order valence-electron chi connectivity index (χ2n) is 3.91. The van der Waals surface area contributed by atoms with Crippen LogP contribution in [-0.2, 0) is 9.53 Å². The van der Waals surface area contributed by atoms with Crippen LogP contribution >= 0.6 is 11.8 Å². The number of thioether (sulfide) groups is 1. The van der Waals surface area contributed by atoms with E-state index in [2.05, 4.69) is 16.0 Å². The van der Waals surface area contributed by atoms with Crippen LogP contribution < -0.4 is 0 Å². The molecule has 0 saturated heterocycles. The Morgan fingerprint density at radius 2 is 2.16 bits per heavy atom. The molecule has 0 N–H and O–H groups in total. The Hall–Kier alpha value is -1.61. The summed E-state index contributed by atoms with van der Waals surface area (Å²) >= 11 is 1.48. The zero-order valence-corrected chi connectivity index (χ0v) is 12.2. The van der Waals surface area contributed by atoms with Crippen LogP contribution in [0.3, 0.4) is 0 Å². The maximum atomic E-state index is 11.2. The number of carbonyl (C=O) groups is 1. The lowest BCUT2D eigenvalue weighted by atomic mass is 10.3. The quantitative estimate of drug-likeness (QED) is 0.344. The lowest BCUT2D eigenvalue weighted by Gasteiger charge is -2.06. The largest absolute Gasteiger partial charge is 0.466 e. The molecule has 5 nitrogen and oxygen atoms in total. The van der Waals surface area contributed by atoms with Gasteiger partial charge in [0.1, 0.15) is 22.5 Å². The number of hydrogen-bond donors (Lipinski definition) is 0. The second kappa shape index (κ2) is 7.74. The van der Waals surface area contributed by atoms with E-state index in [9.17, 15) is 4.79 Å². The Kier molecular flexibility index (Phi) is 6.30. The SMILES string of the molecule is CCOC(=O)CCCSc1nc(C)nc(C)c1C#N. The van der Waals surface area contributed by atoms with Gasteiger partial charge in [-0.05, 0) is 27.2 Å². The molecule has 0 amide bonds.